The Balaban J connectivity index is 1.92. The number of hydrogen-bond donors (Lipinski definition) is 1. The van der Waals surface area contributed by atoms with Crippen molar-refractivity contribution in [3.05, 3.63) is 36.4 Å². The Hall–Kier alpha value is -2.84. The number of nitrogens with one attached hydrogen (secondary N) is 1. The summed E-state index contributed by atoms with van der Waals surface area (Å²) in [4.78, 5) is 31.3. The number of H-pyrrole nitrogens is 1. The van der Waals surface area contributed by atoms with E-state index in [9.17, 15) is 4.79 Å². The van der Waals surface area contributed by atoms with E-state index < -0.39 is 0 Å². The SMILES string of the molecule is COCCN1C(=O)[N+](C)(c2cnc3nc[nH]c3c2C)c2ncccc21. The van der Waals surface area contributed by atoms with Crippen molar-refractivity contribution in [3.8, 4) is 0 Å². The molecule has 4 heterocycles. The molecular formula is C17H19N6O2+. The normalized spacial score (nSPS) is 19.6. The molecule has 8 nitrogen and oxygen atoms in total. The Labute approximate surface area is 144 Å². The fourth-order valence-corrected chi connectivity index (χ4v) is 3.45. The highest BCUT2D eigenvalue weighted by atomic mass is 16.5. The van der Waals surface area contributed by atoms with Gasteiger partial charge < -0.3 is 9.72 Å². The molecule has 0 saturated heterocycles. The molecule has 1 atom stereocenters. The van der Waals surface area contributed by atoms with E-state index in [-0.39, 0.29) is 10.5 Å². The predicted molar refractivity (Wildman–Crippen MR) is 94.9 cm³/mol. The number of ether oxygens (including phenoxy) is 1. The summed E-state index contributed by atoms with van der Waals surface area (Å²) in [6.45, 7) is 2.90. The number of quaternary nitrogens is 1. The fraction of sp³-hybridized carbons (Fsp3) is 0.294. The molecule has 8 heteroatoms. The number of aromatic amines is 1. The zero-order valence-corrected chi connectivity index (χ0v) is 14.4. The fourth-order valence-electron chi connectivity index (χ4n) is 3.45. The quantitative estimate of drug-likeness (QED) is 0.738. The van der Waals surface area contributed by atoms with E-state index in [2.05, 4.69) is 19.9 Å². The predicted octanol–water partition coefficient (Wildman–Crippen LogP) is 2.52. The van der Waals surface area contributed by atoms with Gasteiger partial charge >= 0.3 is 6.03 Å². The third kappa shape index (κ3) is 2.08. The van der Waals surface area contributed by atoms with Crippen LogP contribution in [0.15, 0.2) is 30.9 Å². The van der Waals surface area contributed by atoms with Crippen LogP contribution >= 0.6 is 0 Å². The maximum atomic E-state index is 13.4. The molecule has 0 radical (unpaired) electrons. The van der Waals surface area contributed by atoms with Crippen LogP contribution in [-0.2, 0) is 4.74 Å². The highest BCUT2D eigenvalue weighted by Gasteiger charge is 2.53. The van der Waals surface area contributed by atoms with Gasteiger partial charge in [0.05, 0.1) is 38.2 Å². The number of aromatic nitrogens is 4. The number of nitrogens with zero attached hydrogens (tertiary/aromatic N) is 5. The van der Waals surface area contributed by atoms with Gasteiger partial charge in [0.2, 0.25) is 0 Å². The summed E-state index contributed by atoms with van der Waals surface area (Å²) in [6, 6.07) is 3.68. The number of amides is 2. The molecule has 0 saturated carbocycles. The van der Waals surface area contributed by atoms with Crippen molar-refractivity contribution in [2.45, 2.75) is 6.92 Å². The summed E-state index contributed by atoms with van der Waals surface area (Å²) >= 11 is 0. The van der Waals surface area contributed by atoms with E-state index in [1.54, 1.807) is 30.7 Å². The molecule has 128 valence electrons. The van der Waals surface area contributed by atoms with Crippen LogP contribution in [-0.4, -0.2) is 53.3 Å². The molecule has 0 bridgehead atoms. The van der Waals surface area contributed by atoms with Gasteiger partial charge in [0.15, 0.2) is 11.3 Å². The molecule has 25 heavy (non-hydrogen) atoms. The van der Waals surface area contributed by atoms with Crippen LogP contribution in [0.5, 0.6) is 0 Å². The highest BCUT2D eigenvalue weighted by molar-refractivity contribution is 6.12. The lowest BCUT2D eigenvalue weighted by Gasteiger charge is -2.26. The number of imidazole rings is 1. The molecule has 2 amide bonds. The molecule has 0 aromatic carbocycles. The van der Waals surface area contributed by atoms with Crippen molar-refractivity contribution in [1.82, 2.24) is 24.4 Å². The number of carbonyl (C=O) groups excluding carboxylic acids is 1. The summed E-state index contributed by atoms with van der Waals surface area (Å²) in [5, 5.41) is 0. The van der Waals surface area contributed by atoms with Crippen LogP contribution < -0.4 is 9.38 Å². The first kappa shape index (κ1) is 15.7. The summed E-state index contributed by atoms with van der Waals surface area (Å²) in [7, 11) is 3.48. The van der Waals surface area contributed by atoms with Crippen LogP contribution in [0, 0.1) is 6.92 Å². The number of aryl methyl sites for hydroxylation is 1. The Kier molecular flexibility index (Phi) is 3.52. The Morgan fingerprint density at radius 1 is 1.32 bits per heavy atom. The molecule has 0 spiro atoms. The maximum absolute atomic E-state index is 13.4. The number of urea groups is 1. The largest absolute Gasteiger partial charge is 0.435 e. The maximum Gasteiger partial charge on any atom is 0.435 e. The van der Waals surface area contributed by atoms with E-state index in [0.29, 0.717) is 24.6 Å². The van der Waals surface area contributed by atoms with E-state index >= 15 is 0 Å². The number of fused-ring (bicyclic) bond motifs is 2. The number of rotatable bonds is 4. The van der Waals surface area contributed by atoms with Crippen LogP contribution in [0.25, 0.3) is 11.2 Å². The zero-order chi connectivity index (χ0) is 17.6. The van der Waals surface area contributed by atoms with Crippen LogP contribution in [0.3, 0.4) is 0 Å². The van der Waals surface area contributed by atoms with Crippen molar-refractivity contribution < 1.29 is 9.53 Å². The van der Waals surface area contributed by atoms with Gasteiger partial charge in [0.25, 0.3) is 5.82 Å². The second kappa shape index (κ2) is 5.61. The summed E-state index contributed by atoms with van der Waals surface area (Å²) in [6.07, 6.45) is 5.03. The molecule has 1 aliphatic heterocycles. The van der Waals surface area contributed by atoms with Crippen molar-refractivity contribution in [2.24, 2.45) is 0 Å². The number of methoxy groups -OCH3 is 1. The Bertz CT molecular complexity index is 969. The van der Waals surface area contributed by atoms with E-state index in [0.717, 1.165) is 22.5 Å². The number of carbonyl (C=O) groups is 1. The number of pyridine rings is 2. The van der Waals surface area contributed by atoms with Gasteiger partial charge in [0, 0.05) is 18.9 Å². The smallest absolute Gasteiger partial charge is 0.383 e. The third-order valence-corrected chi connectivity index (χ3v) is 4.78. The molecule has 1 N–H and O–H groups in total. The summed E-state index contributed by atoms with van der Waals surface area (Å²) in [5.74, 6) is 0.687. The first-order valence-corrected chi connectivity index (χ1v) is 8.01. The molecule has 4 rings (SSSR count). The van der Waals surface area contributed by atoms with E-state index in [1.165, 1.54) is 0 Å². The molecule has 1 unspecified atom stereocenters. The van der Waals surface area contributed by atoms with Crippen LogP contribution in [0.2, 0.25) is 0 Å². The van der Waals surface area contributed by atoms with Crippen molar-refractivity contribution >= 4 is 34.4 Å². The van der Waals surface area contributed by atoms with Crippen LogP contribution in [0.1, 0.15) is 5.56 Å². The highest BCUT2D eigenvalue weighted by Crippen LogP contribution is 2.46. The number of hydrogen-bond acceptors (Lipinski definition) is 5. The van der Waals surface area contributed by atoms with Crippen molar-refractivity contribution in [1.29, 1.82) is 0 Å². The second-order valence-corrected chi connectivity index (χ2v) is 6.15. The van der Waals surface area contributed by atoms with Gasteiger partial charge in [-0.3, -0.25) is 4.90 Å². The zero-order valence-electron chi connectivity index (χ0n) is 14.4. The first-order valence-electron chi connectivity index (χ1n) is 8.01. The average molecular weight is 339 g/mol. The minimum Gasteiger partial charge on any atom is -0.383 e. The topological polar surface area (TPSA) is 84.0 Å². The molecule has 1 aliphatic rings. The lowest BCUT2D eigenvalue weighted by Crippen LogP contribution is -2.49. The lowest BCUT2D eigenvalue weighted by atomic mass is 10.2. The molecule has 0 aliphatic carbocycles. The molecule has 3 aromatic rings. The molecule has 3 aromatic heterocycles. The lowest BCUT2D eigenvalue weighted by molar-refractivity contribution is 0.200. The van der Waals surface area contributed by atoms with Crippen molar-refractivity contribution in [2.75, 3.05) is 32.2 Å². The Morgan fingerprint density at radius 3 is 2.96 bits per heavy atom. The minimum atomic E-state index is -0.0745. The first-order chi connectivity index (χ1) is 12.1. The van der Waals surface area contributed by atoms with Gasteiger partial charge in [0.1, 0.15) is 5.69 Å². The van der Waals surface area contributed by atoms with Gasteiger partial charge in [-0.05, 0) is 19.1 Å². The van der Waals surface area contributed by atoms with Gasteiger partial charge in [-0.15, -0.1) is 0 Å². The van der Waals surface area contributed by atoms with E-state index in [4.69, 9.17) is 4.74 Å². The molecular weight excluding hydrogens is 320 g/mol. The second-order valence-electron chi connectivity index (χ2n) is 6.15. The van der Waals surface area contributed by atoms with E-state index in [1.807, 2.05) is 26.1 Å². The van der Waals surface area contributed by atoms with Gasteiger partial charge in [-0.2, -0.15) is 4.48 Å². The van der Waals surface area contributed by atoms with Crippen molar-refractivity contribution in [3.63, 3.8) is 0 Å². The summed E-state index contributed by atoms with van der Waals surface area (Å²) < 4.78 is 5.10. The Morgan fingerprint density at radius 2 is 2.16 bits per heavy atom. The van der Waals surface area contributed by atoms with Gasteiger partial charge in [-0.1, -0.05) is 0 Å². The third-order valence-electron chi connectivity index (χ3n) is 4.78. The molecule has 0 fully saturated rings. The monoisotopic (exact) mass is 339 g/mol. The minimum absolute atomic E-state index is 0.0618. The average Bonchev–Trinajstić information content (AvgIpc) is 3.18. The number of anilines is 1. The standard InChI is InChI=1S/C17H19N6O2/c1-11-13(9-19-15-14(11)20-10-21-15)23(2)16-12(5-4-6-18-16)22(17(23)24)7-8-25-3/h4-6,9-10H,7-8H2,1-3H3,(H,19,20,21)/q+1. The summed E-state index contributed by atoms with van der Waals surface area (Å²) in [5.41, 5.74) is 3.98. The van der Waals surface area contributed by atoms with Gasteiger partial charge in [-0.25, -0.2) is 19.7 Å². The van der Waals surface area contributed by atoms with Crippen LogP contribution in [0.4, 0.5) is 22.0 Å².